The number of aryl methyl sites for hydroxylation is 2. The molecule has 8 rings (SSSR count). The SMILES string of the molecule is CCc1nc2c(cnn2CC)c(NC2CCOCC2)c1CN(Cc1ccc(C#N)c(-c2cccc(CN3C[C@@H]4CC3CN4)c2)c1)C(=O)c1cccc(C(N)=O)c1. The first-order valence-electron chi connectivity index (χ1n) is 19.8. The van der Waals surface area contributed by atoms with Gasteiger partial charge in [-0.3, -0.25) is 14.5 Å². The maximum Gasteiger partial charge on any atom is 0.254 e. The van der Waals surface area contributed by atoms with Crippen LogP contribution >= 0.6 is 0 Å². The molecule has 5 aromatic rings. The minimum Gasteiger partial charge on any atom is -0.381 e. The number of nitrogens with two attached hydrogens (primary N) is 1. The van der Waals surface area contributed by atoms with Crippen molar-refractivity contribution in [1.29, 1.82) is 5.26 Å². The van der Waals surface area contributed by atoms with Crippen LogP contribution in [-0.4, -0.2) is 80.8 Å². The zero-order valence-corrected chi connectivity index (χ0v) is 32.1. The first kappa shape index (κ1) is 37.3. The van der Waals surface area contributed by atoms with Crippen molar-refractivity contribution in [1.82, 2.24) is 29.9 Å². The number of carbonyl (C=O) groups excluding carboxylic acids is 2. The molecule has 2 atom stereocenters. The molecule has 1 unspecified atom stereocenters. The van der Waals surface area contributed by atoms with Gasteiger partial charge in [0.15, 0.2) is 5.65 Å². The summed E-state index contributed by atoms with van der Waals surface area (Å²) in [5, 5.41) is 23.3. The van der Waals surface area contributed by atoms with E-state index in [0.717, 1.165) is 77.1 Å². The van der Waals surface area contributed by atoms with Gasteiger partial charge >= 0.3 is 0 Å². The molecular weight excluding hydrogens is 703 g/mol. The van der Waals surface area contributed by atoms with Gasteiger partial charge in [0, 0.05) is 86.4 Å². The van der Waals surface area contributed by atoms with E-state index in [4.69, 9.17) is 15.5 Å². The van der Waals surface area contributed by atoms with E-state index in [9.17, 15) is 14.9 Å². The fourth-order valence-corrected chi connectivity index (χ4v) is 8.62. The van der Waals surface area contributed by atoms with Crippen molar-refractivity contribution in [2.24, 2.45) is 5.73 Å². The van der Waals surface area contributed by atoms with Crippen LogP contribution < -0.4 is 16.4 Å². The van der Waals surface area contributed by atoms with Crippen LogP contribution in [0.25, 0.3) is 22.2 Å². The van der Waals surface area contributed by atoms with Gasteiger partial charge in [-0.05, 0) is 91.3 Å². The number of likely N-dealkylation sites (tertiary alicyclic amines) is 1. The quantitative estimate of drug-likeness (QED) is 0.139. The van der Waals surface area contributed by atoms with E-state index >= 15 is 0 Å². The number of benzene rings is 3. The lowest BCUT2D eigenvalue weighted by molar-refractivity contribution is 0.0730. The fraction of sp³-hybridized carbons (Fsp3) is 0.386. The van der Waals surface area contributed by atoms with E-state index in [0.29, 0.717) is 49.4 Å². The number of anilines is 1. The molecule has 2 aromatic heterocycles. The van der Waals surface area contributed by atoms with Crippen LogP contribution in [-0.2, 0) is 37.3 Å². The Hall–Kier alpha value is -5.61. The van der Waals surface area contributed by atoms with Crippen LogP contribution in [0.5, 0.6) is 0 Å². The first-order valence-corrected chi connectivity index (χ1v) is 19.8. The second-order valence-corrected chi connectivity index (χ2v) is 15.2. The van der Waals surface area contributed by atoms with Gasteiger partial charge in [-0.15, -0.1) is 0 Å². The van der Waals surface area contributed by atoms with Crippen LogP contribution in [0.15, 0.2) is 72.9 Å². The highest BCUT2D eigenvalue weighted by molar-refractivity contribution is 5.99. The number of pyridine rings is 1. The highest BCUT2D eigenvalue weighted by Crippen LogP contribution is 2.34. The highest BCUT2D eigenvalue weighted by Gasteiger charge is 2.37. The van der Waals surface area contributed by atoms with Gasteiger partial charge < -0.3 is 26.0 Å². The molecule has 12 heteroatoms. The molecule has 56 heavy (non-hydrogen) atoms. The molecule has 3 aromatic carbocycles. The summed E-state index contributed by atoms with van der Waals surface area (Å²) in [4.78, 5) is 36.4. The number of carbonyl (C=O) groups is 2. The molecule has 2 bridgehead atoms. The molecule has 3 aliphatic rings. The Morgan fingerprint density at radius 2 is 1.86 bits per heavy atom. The van der Waals surface area contributed by atoms with E-state index in [-0.39, 0.29) is 30.6 Å². The summed E-state index contributed by atoms with van der Waals surface area (Å²) in [6.45, 7) is 9.60. The largest absolute Gasteiger partial charge is 0.381 e. The predicted octanol–water partition coefficient (Wildman–Crippen LogP) is 5.63. The van der Waals surface area contributed by atoms with Crippen LogP contribution in [0, 0.1) is 11.3 Å². The van der Waals surface area contributed by atoms with Crippen molar-refractivity contribution in [2.75, 3.05) is 31.6 Å². The van der Waals surface area contributed by atoms with E-state index in [2.05, 4.69) is 64.8 Å². The molecule has 288 valence electrons. The Kier molecular flexibility index (Phi) is 10.8. The number of hydrogen-bond acceptors (Lipinski definition) is 9. The summed E-state index contributed by atoms with van der Waals surface area (Å²) in [6.07, 6.45) is 5.43. The Bertz CT molecular complexity index is 2310. The molecule has 3 aliphatic heterocycles. The number of nitrogens with zero attached hydrogens (tertiary/aromatic N) is 6. The highest BCUT2D eigenvalue weighted by atomic mass is 16.5. The number of nitrogens with one attached hydrogen (secondary N) is 2. The number of ether oxygens (including phenoxy) is 1. The normalized spacial score (nSPS) is 18.3. The molecular formula is C44H49N9O3. The molecule has 0 saturated carbocycles. The Morgan fingerprint density at radius 3 is 2.59 bits per heavy atom. The van der Waals surface area contributed by atoms with Crippen molar-refractivity contribution in [3.8, 4) is 17.2 Å². The minimum absolute atomic E-state index is 0.188. The molecule has 3 fully saturated rings. The van der Waals surface area contributed by atoms with Crippen molar-refractivity contribution in [3.05, 3.63) is 112 Å². The summed E-state index contributed by atoms with van der Waals surface area (Å²) in [6, 6.07) is 24.6. The monoisotopic (exact) mass is 751 g/mol. The van der Waals surface area contributed by atoms with Gasteiger partial charge in [-0.2, -0.15) is 10.4 Å². The van der Waals surface area contributed by atoms with Gasteiger partial charge in [0.05, 0.1) is 35.4 Å². The predicted molar refractivity (Wildman–Crippen MR) is 216 cm³/mol. The zero-order valence-electron chi connectivity index (χ0n) is 32.1. The Morgan fingerprint density at radius 1 is 1.04 bits per heavy atom. The molecule has 12 nitrogen and oxygen atoms in total. The molecule has 5 heterocycles. The number of rotatable bonds is 13. The van der Waals surface area contributed by atoms with Crippen LogP contribution in [0.3, 0.4) is 0 Å². The summed E-state index contributed by atoms with van der Waals surface area (Å²) in [5.41, 5.74) is 14.3. The summed E-state index contributed by atoms with van der Waals surface area (Å²) in [7, 11) is 0. The van der Waals surface area contributed by atoms with Gasteiger partial charge in [-0.25, -0.2) is 9.67 Å². The maximum atomic E-state index is 14.7. The summed E-state index contributed by atoms with van der Waals surface area (Å²) in [5.74, 6) is -0.850. The van der Waals surface area contributed by atoms with Gasteiger partial charge in [-0.1, -0.05) is 37.3 Å². The maximum absolute atomic E-state index is 14.7. The smallest absolute Gasteiger partial charge is 0.254 e. The van der Waals surface area contributed by atoms with Crippen molar-refractivity contribution >= 4 is 28.5 Å². The Balaban J connectivity index is 1.18. The van der Waals surface area contributed by atoms with Crippen molar-refractivity contribution in [3.63, 3.8) is 0 Å². The molecule has 0 aliphatic carbocycles. The van der Waals surface area contributed by atoms with E-state index < -0.39 is 5.91 Å². The van der Waals surface area contributed by atoms with E-state index in [1.165, 1.54) is 12.0 Å². The fourth-order valence-electron chi connectivity index (χ4n) is 8.62. The molecule has 3 saturated heterocycles. The third-order valence-corrected chi connectivity index (χ3v) is 11.6. The number of primary amides is 1. The van der Waals surface area contributed by atoms with Crippen molar-refractivity contribution < 1.29 is 14.3 Å². The third-order valence-electron chi connectivity index (χ3n) is 11.6. The number of fused-ring (bicyclic) bond motifs is 3. The topological polar surface area (TPSA) is 154 Å². The number of amides is 2. The van der Waals surface area contributed by atoms with Gasteiger partial charge in [0.1, 0.15) is 0 Å². The molecule has 4 N–H and O–H groups in total. The number of piperazine rings is 1. The lowest BCUT2D eigenvalue weighted by atomic mass is 9.96. The standard InChI is InChI=1S/C44H49N9O3/c1-3-40-39(41(49-34-13-15-56-16-14-34)38-23-48-53(4-2)43(38)50-40)27-52(44(55)32-10-6-9-31(19-32)42(46)54)25-29-11-12-33(21-45)37(18-29)30-8-5-7-28(17-30)24-51-26-35-20-36(51)22-47-35/h5-12,17-19,23,34-36,47H,3-4,13-16,20,22,24-27H2,1-2H3,(H2,46,54)(H,49,50)/t35-,36?/m0/s1. The third kappa shape index (κ3) is 7.62. The average molecular weight is 752 g/mol. The first-order chi connectivity index (χ1) is 27.3. The van der Waals surface area contributed by atoms with Crippen LogP contribution in [0.2, 0.25) is 0 Å². The van der Waals surface area contributed by atoms with Crippen molar-refractivity contribution in [2.45, 2.75) is 83.8 Å². The summed E-state index contributed by atoms with van der Waals surface area (Å²) < 4.78 is 7.59. The second kappa shape index (κ2) is 16.2. The van der Waals surface area contributed by atoms with Gasteiger partial charge in [0.2, 0.25) is 5.91 Å². The molecule has 2 amide bonds. The minimum atomic E-state index is -0.599. The lowest BCUT2D eigenvalue weighted by Crippen LogP contribution is -2.42. The second-order valence-electron chi connectivity index (χ2n) is 15.2. The van der Waals surface area contributed by atoms with E-state index in [1.54, 1.807) is 29.2 Å². The van der Waals surface area contributed by atoms with Crippen LogP contribution in [0.4, 0.5) is 5.69 Å². The molecule has 0 radical (unpaired) electrons. The van der Waals surface area contributed by atoms with Crippen LogP contribution in [0.1, 0.15) is 81.8 Å². The average Bonchev–Trinajstić information content (AvgIpc) is 3.98. The Labute approximate surface area is 327 Å². The zero-order chi connectivity index (χ0) is 38.8. The lowest BCUT2D eigenvalue weighted by Gasteiger charge is -2.29. The number of nitriles is 1. The number of hydrogen-bond donors (Lipinski definition) is 3. The van der Waals surface area contributed by atoms with E-state index in [1.807, 2.05) is 29.1 Å². The number of aromatic nitrogens is 3. The van der Waals surface area contributed by atoms with Gasteiger partial charge in [0.25, 0.3) is 5.91 Å². The molecule has 0 spiro atoms. The summed E-state index contributed by atoms with van der Waals surface area (Å²) >= 11 is 0.